The Morgan fingerprint density at radius 3 is 2.65 bits per heavy atom. The Hall–Kier alpha value is -3.15. The van der Waals surface area contributed by atoms with Gasteiger partial charge in [-0.2, -0.15) is 0 Å². The van der Waals surface area contributed by atoms with Gasteiger partial charge in [-0.15, -0.1) is 0 Å². The molecule has 0 radical (unpaired) electrons. The first kappa shape index (κ1) is 16.3. The van der Waals surface area contributed by atoms with Crippen molar-refractivity contribution in [3.63, 3.8) is 0 Å². The molecule has 0 aliphatic carbocycles. The molecule has 3 heterocycles. The first-order chi connectivity index (χ1) is 12.6. The predicted octanol–water partition coefficient (Wildman–Crippen LogP) is 4.64. The fourth-order valence-electron chi connectivity index (χ4n) is 3.38. The van der Waals surface area contributed by atoms with Crippen molar-refractivity contribution in [1.29, 1.82) is 0 Å². The second-order valence-corrected chi connectivity index (χ2v) is 6.37. The molecule has 0 atom stereocenters. The molecule has 2 N–H and O–H groups in total. The summed E-state index contributed by atoms with van der Waals surface area (Å²) in [7, 11) is 0. The number of hydrogen-bond acceptors (Lipinski definition) is 5. The summed E-state index contributed by atoms with van der Waals surface area (Å²) in [6.07, 6.45) is 1.81. The molecule has 0 spiro atoms. The lowest BCUT2D eigenvalue weighted by atomic mass is 9.96. The molecule has 0 fully saturated rings. The van der Waals surface area contributed by atoms with Crippen molar-refractivity contribution in [3.05, 3.63) is 47.6 Å². The van der Waals surface area contributed by atoms with Crippen LogP contribution in [-0.4, -0.2) is 26.7 Å². The number of aromatic amines is 1. The van der Waals surface area contributed by atoms with Crippen LogP contribution in [0.3, 0.4) is 0 Å². The lowest BCUT2D eigenvalue weighted by Gasteiger charge is -2.09. The van der Waals surface area contributed by atoms with Gasteiger partial charge >= 0.3 is 0 Å². The van der Waals surface area contributed by atoms with Gasteiger partial charge in [-0.3, -0.25) is 4.98 Å². The van der Waals surface area contributed by atoms with Crippen molar-refractivity contribution < 1.29 is 4.52 Å². The van der Waals surface area contributed by atoms with Gasteiger partial charge in [0.15, 0.2) is 0 Å². The summed E-state index contributed by atoms with van der Waals surface area (Å²) < 4.78 is 5.37. The fraction of sp³-hybridized carbons (Fsp3) is 0.250. The summed E-state index contributed by atoms with van der Waals surface area (Å²) in [5.74, 6) is 1.57. The number of hydrogen-bond donors (Lipinski definition) is 2. The minimum Gasteiger partial charge on any atom is -0.361 e. The Bertz CT molecular complexity index is 1070. The Balaban J connectivity index is 2.03. The van der Waals surface area contributed by atoms with E-state index in [4.69, 9.17) is 9.51 Å². The van der Waals surface area contributed by atoms with Crippen molar-refractivity contribution in [2.45, 2.75) is 27.7 Å². The SMILES string of the molecule is CCNc1nc2c(-c3cccnc3C)cc(-c3c(C)noc3C)cc2[nH]1. The summed E-state index contributed by atoms with van der Waals surface area (Å²) in [4.78, 5) is 12.6. The monoisotopic (exact) mass is 347 g/mol. The van der Waals surface area contributed by atoms with Crippen LogP contribution in [0.5, 0.6) is 0 Å². The van der Waals surface area contributed by atoms with Gasteiger partial charge in [0.05, 0.1) is 16.7 Å². The van der Waals surface area contributed by atoms with E-state index >= 15 is 0 Å². The molecule has 0 amide bonds. The standard InChI is InChI=1S/C20H21N5O/c1-5-21-20-23-17-10-14(18-12(3)25-26-13(18)4)9-16(19(17)24-20)15-7-6-8-22-11(15)2/h6-10H,5H2,1-4H3,(H2,21,23,24). The first-order valence-corrected chi connectivity index (χ1v) is 8.71. The molecule has 0 aliphatic heterocycles. The third-order valence-electron chi connectivity index (χ3n) is 4.55. The average molecular weight is 347 g/mol. The topological polar surface area (TPSA) is 79.6 Å². The Kier molecular flexibility index (Phi) is 3.95. The minimum atomic E-state index is 0.765. The molecule has 1 aromatic carbocycles. The molecule has 6 heteroatoms. The van der Waals surface area contributed by atoms with E-state index in [0.717, 1.165) is 62.9 Å². The van der Waals surface area contributed by atoms with Crippen molar-refractivity contribution in [2.24, 2.45) is 0 Å². The molecular formula is C20H21N5O. The zero-order valence-electron chi connectivity index (χ0n) is 15.3. The number of rotatable bonds is 4. The van der Waals surface area contributed by atoms with E-state index in [9.17, 15) is 0 Å². The van der Waals surface area contributed by atoms with Crippen LogP contribution in [0.15, 0.2) is 35.0 Å². The highest BCUT2D eigenvalue weighted by atomic mass is 16.5. The van der Waals surface area contributed by atoms with E-state index in [0.29, 0.717) is 0 Å². The molecule has 0 saturated carbocycles. The van der Waals surface area contributed by atoms with Crippen LogP contribution < -0.4 is 5.32 Å². The number of anilines is 1. The molecule has 132 valence electrons. The zero-order chi connectivity index (χ0) is 18.3. The fourth-order valence-corrected chi connectivity index (χ4v) is 3.38. The van der Waals surface area contributed by atoms with Gasteiger partial charge in [0.25, 0.3) is 0 Å². The third kappa shape index (κ3) is 2.63. The number of fused-ring (bicyclic) bond motifs is 1. The van der Waals surface area contributed by atoms with Gasteiger partial charge < -0.3 is 14.8 Å². The molecule has 6 nitrogen and oxygen atoms in total. The lowest BCUT2D eigenvalue weighted by molar-refractivity contribution is 0.393. The summed E-state index contributed by atoms with van der Waals surface area (Å²) in [5, 5.41) is 7.36. The maximum Gasteiger partial charge on any atom is 0.201 e. The average Bonchev–Trinajstić information content (AvgIpc) is 3.17. The second-order valence-electron chi connectivity index (χ2n) is 6.37. The number of nitrogens with one attached hydrogen (secondary N) is 2. The zero-order valence-corrected chi connectivity index (χ0v) is 15.3. The van der Waals surface area contributed by atoms with E-state index in [1.807, 2.05) is 33.0 Å². The normalized spacial score (nSPS) is 11.2. The first-order valence-electron chi connectivity index (χ1n) is 8.71. The number of pyridine rings is 1. The molecule has 0 bridgehead atoms. The molecule has 3 aromatic heterocycles. The van der Waals surface area contributed by atoms with Gasteiger partial charge in [0, 0.05) is 35.1 Å². The minimum absolute atomic E-state index is 0.765. The quantitative estimate of drug-likeness (QED) is 0.562. The van der Waals surface area contributed by atoms with Gasteiger partial charge in [0.2, 0.25) is 5.95 Å². The summed E-state index contributed by atoms with van der Waals surface area (Å²) in [5.41, 5.74) is 7.93. The highest BCUT2D eigenvalue weighted by Gasteiger charge is 2.18. The summed E-state index contributed by atoms with van der Waals surface area (Å²) in [6, 6.07) is 8.28. The smallest absolute Gasteiger partial charge is 0.201 e. The predicted molar refractivity (Wildman–Crippen MR) is 103 cm³/mol. The largest absolute Gasteiger partial charge is 0.361 e. The number of H-pyrrole nitrogens is 1. The number of aryl methyl sites for hydroxylation is 3. The molecule has 26 heavy (non-hydrogen) atoms. The van der Waals surface area contributed by atoms with Gasteiger partial charge in [0.1, 0.15) is 5.76 Å². The summed E-state index contributed by atoms with van der Waals surface area (Å²) in [6.45, 7) is 8.77. The molecule has 0 unspecified atom stereocenters. The van der Waals surface area contributed by atoms with Crippen molar-refractivity contribution in [1.82, 2.24) is 20.1 Å². The van der Waals surface area contributed by atoms with E-state index in [-0.39, 0.29) is 0 Å². The van der Waals surface area contributed by atoms with E-state index in [1.54, 1.807) is 0 Å². The van der Waals surface area contributed by atoms with Crippen LogP contribution in [0.2, 0.25) is 0 Å². The summed E-state index contributed by atoms with van der Waals surface area (Å²) >= 11 is 0. The van der Waals surface area contributed by atoms with E-state index in [1.165, 1.54) is 0 Å². The van der Waals surface area contributed by atoms with Crippen LogP contribution >= 0.6 is 0 Å². The van der Waals surface area contributed by atoms with Crippen LogP contribution in [0.25, 0.3) is 33.3 Å². The maximum absolute atomic E-state index is 5.37. The van der Waals surface area contributed by atoms with E-state index < -0.39 is 0 Å². The maximum atomic E-state index is 5.37. The third-order valence-corrected chi connectivity index (χ3v) is 4.55. The Labute approximate surface area is 151 Å². The Morgan fingerprint density at radius 1 is 1.12 bits per heavy atom. The number of aromatic nitrogens is 4. The van der Waals surface area contributed by atoms with Gasteiger partial charge in [-0.05, 0) is 51.5 Å². The van der Waals surface area contributed by atoms with Crippen LogP contribution in [0, 0.1) is 20.8 Å². The number of benzene rings is 1. The van der Waals surface area contributed by atoms with Crippen LogP contribution in [-0.2, 0) is 0 Å². The number of imidazole rings is 1. The molecule has 4 rings (SSSR count). The second kappa shape index (κ2) is 6.29. The highest BCUT2D eigenvalue weighted by molar-refractivity contribution is 5.97. The number of nitrogens with zero attached hydrogens (tertiary/aromatic N) is 3. The van der Waals surface area contributed by atoms with Crippen molar-refractivity contribution >= 4 is 17.0 Å². The van der Waals surface area contributed by atoms with Crippen LogP contribution in [0.1, 0.15) is 24.1 Å². The molecular weight excluding hydrogens is 326 g/mol. The van der Waals surface area contributed by atoms with Crippen LogP contribution in [0.4, 0.5) is 5.95 Å². The highest BCUT2D eigenvalue weighted by Crippen LogP contribution is 2.36. The molecule has 0 saturated heterocycles. The molecule has 4 aromatic rings. The Morgan fingerprint density at radius 2 is 1.96 bits per heavy atom. The lowest BCUT2D eigenvalue weighted by Crippen LogP contribution is -1.97. The van der Waals surface area contributed by atoms with Crippen molar-refractivity contribution in [3.8, 4) is 22.3 Å². The molecule has 0 aliphatic rings. The van der Waals surface area contributed by atoms with Gasteiger partial charge in [-0.1, -0.05) is 11.2 Å². The van der Waals surface area contributed by atoms with E-state index in [2.05, 4.69) is 45.6 Å². The van der Waals surface area contributed by atoms with Crippen molar-refractivity contribution in [2.75, 3.05) is 11.9 Å². The van der Waals surface area contributed by atoms with Gasteiger partial charge in [-0.25, -0.2) is 4.98 Å².